The number of hydrogen-bond donors (Lipinski definition) is 4. The first-order valence-corrected chi connectivity index (χ1v) is 5.52. The zero-order valence-electron chi connectivity index (χ0n) is 9.89. The number of rotatable bonds is 7. The molecule has 17 heavy (non-hydrogen) atoms. The summed E-state index contributed by atoms with van der Waals surface area (Å²) in [5, 5.41) is 31.3. The molecule has 1 aromatic carbocycles. The van der Waals surface area contributed by atoms with Crippen molar-refractivity contribution in [3.8, 4) is 11.5 Å². The van der Waals surface area contributed by atoms with Crippen molar-refractivity contribution in [1.29, 1.82) is 0 Å². The van der Waals surface area contributed by atoms with Crippen molar-refractivity contribution in [2.75, 3.05) is 20.3 Å². The molecular weight excluding hydrogens is 222 g/mol. The normalized spacial score (nSPS) is 12.6. The van der Waals surface area contributed by atoms with E-state index in [1.165, 1.54) is 6.07 Å². The van der Waals surface area contributed by atoms with Crippen LogP contribution in [0.1, 0.15) is 12.0 Å². The molecule has 1 atom stereocenters. The Labute approximate surface area is 101 Å². The fraction of sp³-hybridized carbons (Fsp3) is 0.500. The van der Waals surface area contributed by atoms with Gasteiger partial charge in [0.2, 0.25) is 0 Å². The summed E-state index contributed by atoms with van der Waals surface area (Å²) in [6.45, 7) is 1.37. The molecule has 96 valence electrons. The third-order valence-corrected chi connectivity index (χ3v) is 2.43. The number of benzene rings is 1. The Morgan fingerprint density at radius 1 is 1.35 bits per heavy atom. The summed E-state index contributed by atoms with van der Waals surface area (Å²) in [7, 11) is 1.54. The number of methoxy groups -OCH3 is 1. The fourth-order valence-corrected chi connectivity index (χ4v) is 1.49. The van der Waals surface area contributed by atoms with Crippen molar-refractivity contribution < 1.29 is 20.1 Å². The number of aliphatic hydroxyl groups is 1. The highest BCUT2D eigenvalue weighted by Gasteiger charge is 2.06. The van der Waals surface area contributed by atoms with E-state index in [4.69, 9.17) is 4.74 Å². The third-order valence-electron chi connectivity index (χ3n) is 2.43. The maximum atomic E-state index is 9.53. The van der Waals surface area contributed by atoms with E-state index in [0.29, 0.717) is 31.7 Å². The van der Waals surface area contributed by atoms with Crippen LogP contribution in [0.2, 0.25) is 0 Å². The van der Waals surface area contributed by atoms with Gasteiger partial charge in [0.25, 0.3) is 0 Å². The second kappa shape index (κ2) is 7.11. The lowest BCUT2D eigenvalue weighted by Crippen LogP contribution is -2.23. The highest BCUT2D eigenvalue weighted by molar-refractivity contribution is 5.44. The Hall–Kier alpha value is -1.30. The molecule has 0 aromatic heterocycles. The molecule has 1 unspecified atom stereocenters. The van der Waals surface area contributed by atoms with Crippen LogP contribution in [0.25, 0.3) is 0 Å². The smallest absolute Gasteiger partial charge is 0.161 e. The first-order chi connectivity index (χ1) is 8.15. The van der Waals surface area contributed by atoms with Gasteiger partial charge < -0.3 is 25.4 Å². The quantitative estimate of drug-likeness (QED) is 0.415. The first kappa shape index (κ1) is 13.8. The highest BCUT2D eigenvalue weighted by atomic mass is 16.5. The monoisotopic (exact) mass is 241 g/mol. The van der Waals surface area contributed by atoms with Crippen molar-refractivity contribution >= 4 is 0 Å². The molecular formula is C12H19NO4. The molecule has 4 N–H and O–H groups in total. The molecule has 0 fully saturated rings. The van der Waals surface area contributed by atoms with Crippen LogP contribution in [-0.4, -0.2) is 41.7 Å². The standard InChI is InChI=1S/C12H19NO4/c1-17-8-10(14)5-6-13-7-9-3-2-4-11(15)12(9)16/h2-4,10,13-16H,5-8H2,1H3. The lowest BCUT2D eigenvalue weighted by molar-refractivity contribution is 0.0594. The lowest BCUT2D eigenvalue weighted by atomic mass is 10.2. The van der Waals surface area contributed by atoms with Crippen LogP contribution in [-0.2, 0) is 11.3 Å². The van der Waals surface area contributed by atoms with Crippen molar-refractivity contribution in [1.82, 2.24) is 5.32 Å². The largest absolute Gasteiger partial charge is 0.504 e. The van der Waals surface area contributed by atoms with Crippen molar-refractivity contribution in [3.05, 3.63) is 23.8 Å². The zero-order valence-corrected chi connectivity index (χ0v) is 9.89. The summed E-state index contributed by atoms with van der Waals surface area (Å²) in [4.78, 5) is 0. The number of phenols is 2. The molecule has 5 nitrogen and oxygen atoms in total. The van der Waals surface area contributed by atoms with E-state index < -0.39 is 6.10 Å². The molecule has 0 radical (unpaired) electrons. The van der Waals surface area contributed by atoms with Gasteiger partial charge in [0.1, 0.15) is 0 Å². The van der Waals surface area contributed by atoms with E-state index in [1.54, 1.807) is 19.2 Å². The number of ether oxygens (including phenoxy) is 1. The van der Waals surface area contributed by atoms with Crippen LogP contribution in [0.5, 0.6) is 11.5 Å². The van der Waals surface area contributed by atoms with E-state index in [0.717, 1.165) is 0 Å². The third kappa shape index (κ3) is 4.60. The van der Waals surface area contributed by atoms with Crippen LogP contribution in [0.3, 0.4) is 0 Å². The number of hydrogen-bond acceptors (Lipinski definition) is 5. The number of nitrogens with one attached hydrogen (secondary N) is 1. The molecule has 0 aliphatic heterocycles. The summed E-state index contributed by atoms with van der Waals surface area (Å²) in [5.74, 6) is -0.221. The maximum Gasteiger partial charge on any atom is 0.161 e. The predicted molar refractivity (Wildman–Crippen MR) is 64.0 cm³/mol. The average molecular weight is 241 g/mol. The molecule has 1 rings (SSSR count). The van der Waals surface area contributed by atoms with E-state index in [2.05, 4.69) is 5.32 Å². The van der Waals surface area contributed by atoms with Gasteiger partial charge in [-0.25, -0.2) is 0 Å². The summed E-state index contributed by atoms with van der Waals surface area (Å²) in [6.07, 6.45) is 0.0956. The van der Waals surface area contributed by atoms with Crippen LogP contribution < -0.4 is 5.32 Å². The molecule has 0 heterocycles. The minimum atomic E-state index is -0.481. The Morgan fingerprint density at radius 2 is 2.12 bits per heavy atom. The van der Waals surface area contributed by atoms with Gasteiger partial charge in [0, 0.05) is 19.2 Å². The summed E-state index contributed by atoms with van der Waals surface area (Å²) in [5.41, 5.74) is 0.631. The molecule has 0 bridgehead atoms. The molecule has 0 saturated carbocycles. The van der Waals surface area contributed by atoms with Gasteiger partial charge >= 0.3 is 0 Å². The van der Waals surface area contributed by atoms with Gasteiger partial charge in [-0.1, -0.05) is 12.1 Å². The Morgan fingerprint density at radius 3 is 2.82 bits per heavy atom. The van der Waals surface area contributed by atoms with E-state index >= 15 is 0 Å². The molecule has 0 aliphatic rings. The van der Waals surface area contributed by atoms with Crippen LogP contribution in [0, 0.1) is 0 Å². The number of para-hydroxylation sites is 1. The minimum absolute atomic E-state index is 0.0996. The molecule has 0 spiro atoms. The predicted octanol–water partition coefficient (Wildman–Crippen LogP) is 0.585. The van der Waals surface area contributed by atoms with E-state index in [-0.39, 0.29) is 11.5 Å². The SMILES string of the molecule is COCC(O)CCNCc1cccc(O)c1O. The fourth-order valence-electron chi connectivity index (χ4n) is 1.49. The van der Waals surface area contributed by atoms with E-state index in [9.17, 15) is 15.3 Å². The van der Waals surface area contributed by atoms with Gasteiger partial charge in [0.05, 0.1) is 12.7 Å². The molecule has 5 heteroatoms. The molecule has 0 amide bonds. The van der Waals surface area contributed by atoms with Crippen LogP contribution >= 0.6 is 0 Å². The highest BCUT2D eigenvalue weighted by Crippen LogP contribution is 2.27. The van der Waals surface area contributed by atoms with Crippen molar-refractivity contribution in [2.45, 2.75) is 19.1 Å². The number of aliphatic hydroxyl groups excluding tert-OH is 1. The Kier molecular flexibility index (Phi) is 5.76. The van der Waals surface area contributed by atoms with Crippen molar-refractivity contribution in [2.24, 2.45) is 0 Å². The van der Waals surface area contributed by atoms with Gasteiger partial charge in [-0.15, -0.1) is 0 Å². The van der Waals surface area contributed by atoms with Gasteiger partial charge in [0.15, 0.2) is 11.5 Å². The summed E-state index contributed by atoms with van der Waals surface area (Å²) < 4.78 is 4.80. The second-order valence-corrected chi connectivity index (χ2v) is 3.86. The maximum absolute atomic E-state index is 9.53. The average Bonchev–Trinajstić information content (AvgIpc) is 2.30. The summed E-state index contributed by atoms with van der Waals surface area (Å²) in [6, 6.07) is 4.83. The zero-order chi connectivity index (χ0) is 12.7. The minimum Gasteiger partial charge on any atom is -0.504 e. The van der Waals surface area contributed by atoms with Gasteiger partial charge in [-0.05, 0) is 19.0 Å². The van der Waals surface area contributed by atoms with E-state index in [1.807, 2.05) is 0 Å². The Balaban J connectivity index is 2.29. The molecule has 1 aromatic rings. The molecule has 0 saturated heterocycles. The number of aromatic hydroxyl groups is 2. The topological polar surface area (TPSA) is 82.0 Å². The van der Waals surface area contributed by atoms with Gasteiger partial charge in [-0.2, -0.15) is 0 Å². The number of phenolic OH excluding ortho intramolecular Hbond substituents is 2. The van der Waals surface area contributed by atoms with Crippen LogP contribution in [0.15, 0.2) is 18.2 Å². The van der Waals surface area contributed by atoms with Gasteiger partial charge in [-0.3, -0.25) is 0 Å². The summed E-state index contributed by atoms with van der Waals surface area (Å²) >= 11 is 0. The first-order valence-electron chi connectivity index (χ1n) is 5.52. The Bertz CT molecular complexity index is 343. The van der Waals surface area contributed by atoms with Crippen LogP contribution in [0.4, 0.5) is 0 Å². The molecule has 0 aliphatic carbocycles. The van der Waals surface area contributed by atoms with Crippen molar-refractivity contribution in [3.63, 3.8) is 0 Å². The second-order valence-electron chi connectivity index (χ2n) is 3.86. The lowest BCUT2D eigenvalue weighted by Gasteiger charge is -2.11.